The molecule has 1 aromatic heterocycles. The molecule has 0 radical (unpaired) electrons. The third-order valence-electron chi connectivity index (χ3n) is 4.82. The molecule has 3 rings (SSSR count). The van der Waals surface area contributed by atoms with Gasteiger partial charge >= 0.3 is 0 Å². The molecule has 5 nitrogen and oxygen atoms in total. The van der Waals surface area contributed by atoms with Crippen molar-refractivity contribution in [3.63, 3.8) is 0 Å². The maximum Gasteiger partial charge on any atom is 0.290 e. The predicted molar refractivity (Wildman–Crippen MR) is 106 cm³/mol. The Morgan fingerprint density at radius 2 is 2.23 bits per heavy atom. The van der Waals surface area contributed by atoms with E-state index in [4.69, 9.17) is 4.74 Å². The zero-order valence-electron chi connectivity index (χ0n) is 15.0. The molecule has 26 heavy (non-hydrogen) atoms. The molecule has 1 unspecified atom stereocenters. The van der Waals surface area contributed by atoms with Crippen LogP contribution in [-0.2, 0) is 17.1 Å². The molecular weight excluding hydrogens is 345 g/mol. The number of rotatable bonds is 7. The number of carbonyl (C=O) groups is 1. The Kier molecular flexibility index (Phi) is 5.70. The van der Waals surface area contributed by atoms with Crippen LogP contribution in [0.5, 0.6) is 0 Å². The first-order valence-electron chi connectivity index (χ1n) is 8.70. The Labute approximate surface area is 156 Å². The second kappa shape index (κ2) is 7.98. The van der Waals surface area contributed by atoms with Gasteiger partial charge in [0.15, 0.2) is 11.2 Å². The van der Waals surface area contributed by atoms with Gasteiger partial charge in [0.25, 0.3) is 5.91 Å². The molecule has 0 N–H and O–H groups in total. The molecule has 1 saturated heterocycles. The summed E-state index contributed by atoms with van der Waals surface area (Å²) in [5.74, 6) is 0.384. The topological polar surface area (TPSA) is 47.4 Å². The largest absolute Gasteiger partial charge is 0.355 e. The highest BCUT2D eigenvalue weighted by Gasteiger charge is 2.47. The molecule has 0 aliphatic carbocycles. The smallest absolute Gasteiger partial charge is 0.290 e. The number of aromatic nitrogens is 2. The molecule has 6 heteroatoms. The van der Waals surface area contributed by atoms with Crippen LogP contribution in [0.2, 0.25) is 0 Å². The summed E-state index contributed by atoms with van der Waals surface area (Å²) in [6.07, 6.45) is 11.1. The third kappa shape index (κ3) is 3.25. The van der Waals surface area contributed by atoms with E-state index in [-0.39, 0.29) is 11.9 Å². The van der Waals surface area contributed by atoms with Gasteiger partial charge in [-0.25, -0.2) is 4.98 Å². The quantitative estimate of drug-likeness (QED) is 0.555. The van der Waals surface area contributed by atoms with E-state index in [2.05, 4.69) is 17.9 Å². The molecule has 0 saturated carbocycles. The van der Waals surface area contributed by atoms with Crippen LogP contribution in [0.3, 0.4) is 0 Å². The van der Waals surface area contributed by atoms with Gasteiger partial charge in [-0.2, -0.15) is 0 Å². The number of aryl methyl sites for hydroxylation is 1. The molecule has 1 fully saturated rings. The van der Waals surface area contributed by atoms with E-state index in [0.29, 0.717) is 19.0 Å². The van der Waals surface area contributed by atoms with Crippen molar-refractivity contribution in [1.82, 2.24) is 14.5 Å². The van der Waals surface area contributed by atoms with E-state index >= 15 is 0 Å². The van der Waals surface area contributed by atoms with E-state index < -0.39 is 5.34 Å². The van der Waals surface area contributed by atoms with Gasteiger partial charge in [0, 0.05) is 26.0 Å². The molecule has 1 aliphatic heterocycles. The van der Waals surface area contributed by atoms with Crippen LogP contribution < -0.4 is 0 Å². The number of ether oxygens (including phenoxy) is 1. The number of nitrogens with zero attached hydrogens (tertiary/aromatic N) is 3. The van der Waals surface area contributed by atoms with Crippen LogP contribution in [0, 0.1) is 0 Å². The number of benzene rings is 1. The summed E-state index contributed by atoms with van der Waals surface area (Å²) in [5.41, 5.74) is 1.03. The van der Waals surface area contributed by atoms with Gasteiger partial charge in [0.2, 0.25) is 0 Å². The highest BCUT2D eigenvalue weighted by molar-refractivity contribution is 7.38. The summed E-state index contributed by atoms with van der Waals surface area (Å²) in [5, 5.41) is -0.688. The monoisotopic (exact) mass is 369 g/mol. The molecule has 136 valence electrons. The third-order valence-corrected chi connectivity index (χ3v) is 5.98. The Morgan fingerprint density at radius 1 is 1.46 bits per heavy atom. The van der Waals surface area contributed by atoms with Crippen molar-refractivity contribution in [3.05, 3.63) is 66.8 Å². The van der Waals surface area contributed by atoms with E-state index in [1.165, 1.54) is 0 Å². The lowest BCUT2D eigenvalue weighted by molar-refractivity contribution is -0.0164. The molecule has 1 amide bonds. The Hall–Kier alpha value is -2.23. The predicted octanol–water partition coefficient (Wildman–Crippen LogP) is 3.46. The minimum absolute atomic E-state index is 0.0637. The van der Waals surface area contributed by atoms with Gasteiger partial charge in [-0.05, 0) is 18.4 Å². The van der Waals surface area contributed by atoms with E-state index in [9.17, 15) is 4.79 Å². The average Bonchev–Trinajstić information content (AvgIpc) is 3.33. The summed E-state index contributed by atoms with van der Waals surface area (Å²) in [6.45, 7) is 4.88. The fourth-order valence-electron chi connectivity index (χ4n) is 3.59. The Morgan fingerprint density at radius 3 is 2.85 bits per heavy atom. The van der Waals surface area contributed by atoms with Crippen molar-refractivity contribution < 1.29 is 9.53 Å². The Bertz CT molecular complexity index is 789. The van der Waals surface area contributed by atoms with E-state index in [1.807, 2.05) is 42.3 Å². The van der Waals surface area contributed by atoms with Gasteiger partial charge in [0.05, 0.1) is 12.6 Å². The van der Waals surface area contributed by atoms with Crippen molar-refractivity contribution in [3.8, 4) is 0 Å². The van der Waals surface area contributed by atoms with Crippen molar-refractivity contribution in [2.45, 2.75) is 24.2 Å². The molecule has 2 heterocycles. The zero-order chi connectivity index (χ0) is 18.6. The number of hydrogen-bond acceptors (Lipinski definition) is 3. The zero-order valence-corrected chi connectivity index (χ0v) is 15.9. The Balaban J connectivity index is 2.02. The number of amides is 1. The van der Waals surface area contributed by atoms with Crippen LogP contribution >= 0.6 is 8.20 Å². The van der Waals surface area contributed by atoms with Crippen molar-refractivity contribution in [1.29, 1.82) is 0 Å². The van der Waals surface area contributed by atoms with Crippen LogP contribution in [-0.4, -0.2) is 45.9 Å². The van der Waals surface area contributed by atoms with Gasteiger partial charge in [-0.3, -0.25) is 4.79 Å². The highest BCUT2D eigenvalue weighted by atomic mass is 31.1. The first kappa shape index (κ1) is 18.6. The summed E-state index contributed by atoms with van der Waals surface area (Å²) < 4.78 is 8.07. The van der Waals surface area contributed by atoms with Gasteiger partial charge in [0.1, 0.15) is 0 Å². The first-order valence-corrected chi connectivity index (χ1v) is 9.78. The van der Waals surface area contributed by atoms with Gasteiger partial charge in [-0.1, -0.05) is 50.9 Å². The van der Waals surface area contributed by atoms with Crippen LogP contribution in [0.4, 0.5) is 0 Å². The second-order valence-electron chi connectivity index (χ2n) is 6.34. The van der Waals surface area contributed by atoms with Crippen molar-refractivity contribution >= 4 is 20.4 Å². The SMILES string of the molecule is C=CCOC(P=C)(c1ccccc1)[C@@H]1CCCN1C(=O)c1nccn1C. The maximum absolute atomic E-state index is 13.2. The summed E-state index contributed by atoms with van der Waals surface area (Å²) in [6, 6.07) is 9.95. The minimum Gasteiger partial charge on any atom is -0.355 e. The van der Waals surface area contributed by atoms with Gasteiger partial charge < -0.3 is 14.2 Å². The van der Waals surface area contributed by atoms with Crippen LogP contribution in [0.1, 0.15) is 29.0 Å². The lowest BCUT2D eigenvalue weighted by Crippen LogP contribution is -2.49. The van der Waals surface area contributed by atoms with Crippen LogP contribution in [0.15, 0.2) is 55.4 Å². The summed E-state index contributed by atoms with van der Waals surface area (Å²) in [4.78, 5) is 19.3. The number of hydrogen-bond donors (Lipinski definition) is 0. The fraction of sp³-hybridized carbons (Fsp3) is 0.350. The molecule has 2 atom stereocenters. The number of carbonyl (C=O) groups excluding carboxylic acids is 1. The molecule has 1 aliphatic rings. The number of likely N-dealkylation sites (tertiary alicyclic amines) is 1. The molecule has 0 spiro atoms. The maximum atomic E-state index is 13.2. The molecule has 2 aromatic rings. The molecule has 0 bridgehead atoms. The second-order valence-corrected chi connectivity index (χ2v) is 7.32. The standard InChI is InChI=1S/C20H24N3O2P/c1-4-15-25-20(26-3,16-9-6-5-7-10-16)17-11-8-13-23(17)19(24)18-21-12-14-22(18)2/h4-7,9-10,12,14,17H,1,3,8,11,13,15H2,2H3/t17-,20?/m0/s1. The lowest BCUT2D eigenvalue weighted by atomic mass is 9.98. The first-order chi connectivity index (χ1) is 12.6. The summed E-state index contributed by atoms with van der Waals surface area (Å²) in [7, 11) is 2.65. The minimum atomic E-state index is -0.688. The van der Waals surface area contributed by atoms with E-state index in [1.54, 1.807) is 23.0 Å². The van der Waals surface area contributed by atoms with E-state index in [0.717, 1.165) is 26.6 Å². The normalized spacial score (nSPS) is 19.4. The van der Waals surface area contributed by atoms with Crippen molar-refractivity contribution in [2.75, 3.05) is 13.2 Å². The average molecular weight is 369 g/mol. The highest BCUT2D eigenvalue weighted by Crippen LogP contribution is 2.46. The van der Waals surface area contributed by atoms with Crippen molar-refractivity contribution in [2.24, 2.45) is 7.05 Å². The fourth-order valence-corrected chi connectivity index (χ4v) is 4.57. The van der Waals surface area contributed by atoms with Crippen LogP contribution in [0.25, 0.3) is 0 Å². The molecular formula is C20H24N3O2P. The van der Waals surface area contributed by atoms with Gasteiger partial charge in [-0.15, -0.1) is 6.58 Å². The number of imidazole rings is 1. The molecule has 1 aromatic carbocycles. The summed E-state index contributed by atoms with van der Waals surface area (Å²) >= 11 is 0. The lowest BCUT2D eigenvalue weighted by Gasteiger charge is -2.40.